The molecule has 0 aliphatic carbocycles. The van der Waals surface area contributed by atoms with E-state index in [0.29, 0.717) is 13.4 Å². The quantitative estimate of drug-likeness (QED) is 0.611. The highest BCUT2D eigenvalue weighted by atomic mass is 127. The third kappa shape index (κ3) is 2.81. The Morgan fingerprint density at radius 3 is 2.17 bits per heavy atom. The summed E-state index contributed by atoms with van der Waals surface area (Å²) in [4.78, 5) is 0. The van der Waals surface area contributed by atoms with Crippen molar-refractivity contribution in [1.82, 2.24) is 0 Å². The van der Waals surface area contributed by atoms with E-state index in [4.69, 9.17) is 0 Å². The van der Waals surface area contributed by atoms with Crippen molar-refractivity contribution >= 4 is 43.9 Å². The molecule has 0 bridgehead atoms. The van der Waals surface area contributed by atoms with Crippen LogP contribution in [0.3, 0.4) is 0 Å². The molecular weight excluding hydrogens is 454 g/mol. The molecule has 24 heavy (non-hydrogen) atoms. The lowest BCUT2D eigenvalue weighted by molar-refractivity contribution is -0.0437. The van der Waals surface area contributed by atoms with E-state index in [9.17, 15) is 21.6 Å². The molecule has 0 atom stereocenters. The normalized spacial score (nSPS) is 15.4. The average Bonchev–Trinajstić information content (AvgIpc) is 2.53. The summed E-state index contributed by atoms with van der Waals surface area (Å²) in [5.74, 6) is 0. The van der Waals surface area contributed by atoms with Crippen molar-refractivity contribution in [2.75, 3.05) is 10.8 Å². The summed E-state index contributed by atoms with van der Waals surface area (Å²) in [5.41, 5.74) is -3.26. The molecule has 126 valence electrons. The van der Waals surface area contributed by atoms with Crippen LogP contribution in [-0.4, -0.2) is 20.5 Å². The summed E-state index contributed by atoms with van der Waals surface area (Å²) in [7, 11) is -5.46. The van der Waals surface area contributed by atoms with Crippen molar-refractivity contribution in [2.24, 2.45) is 0 Å². The van der Waals surface area contributed by atoms with Crippen LogP contribution in [0.2, 0.25) is 0 Å². The summed E-state index contributed by atoms with van der Waals surface area (Å²) >= 11 is 1.91. The zero-order valence-corrected chi connectivity index (χ0v) is 15.1. The topological polar surface area (TPSA) is 37.4 Å². The number of para-hydroxylation sites is 1. The van der Waals surface area contributed by atoms with Gasteiger partial charge in [0, 0.05) is 14.7 Å². The predicted molar refractivity (Wildman–Crippen MR) is 95.2 cm³/mol. The SMILES string of the molecule is O=S(=O)(N1CC(I)=C(c2ccccc2)c2ccccc21)C(F)(F)F. The first kappa shape index (κ1) is 17.3. The van der Waals surface area contributed by atoms with Gasteiger partial charge in [-0.25, -0.2) is 0 Å². The first-order chi connectivity index (χ1) is 11.2. The number of anilines is 1. The van der Waals surface area contributed by atoms with Crippen LogP contribution in [0, 0.1) is 0 Å². The zero-order chi connectivity index (χ0) is 17.5. The molecule has 0 saturated heterocycles. The molecule has 1 heterocycles. The van der Waals surface area contributed by atoms with Crippen LogP contribution in [0.1, 0.15) is 11.1 Å². The molecular formula is C16H11F3INO2S. The summed E-state index contributed by atoms with van der Waals surface area (Å²) < 4.78 is 63.9. The van der Waals surface area contributed by atoms with Gasteiger partial charge in [-0.3, -0.25) is 4.31 Å². The number of alkyl halides is 3. The maximum Gasteiger partial charge on any atom is 0.516 e. The minimum absolute atomic E-state index is 0.0362. The van der Waals surface area contributed by atoms with E-state index < -0.39 is 15.5 Å². The van der Waals surface area contributed by atoms with Gasteiger partial charge >= 0.3 is 15.5 Å². The van der Waals surface area contributed by atoms with Gasteiger partial charge in [-0.05, 0) is 34.2 Å². The molecule has 1 aliphatic heterocycles. The van der Waals surface area contributed by atoms with Crippen LogP contribution in [-0.2, 0) is 10.0 Å². The Labute approximate surface area is 151 Å². The van der Waals surface area contributed by atoms with Crippen LogP contribution in [0.4, 0.5) is 18.9 Å². The number of rotatable bonds is 2. The Bertz CT molecular complexity index is 908. The minimum Gasteiger partial charge on any atom is -0.257 e. The Morgan fingerprint density at radius 1 is 0.958 bits per heavy atom. The second-order valence-electron chi connectivity index (χ2n) is 5.12. The fourth-order valence-electron chi connectivity index (χ4n) is 2.60. The largest absolute Gasteiger partial charge is 0.516 e. The van der Waals surface area contributed by atoms with Crippen molar-refractivity contribution in [3.63, 3.8) is 0 Å². The molecule has 8 heteroatoms. The van der Waals surface area contributed by atoms with E-state index in [0.717, 1.165) is 11.1 Å². The van der Waals surface area contributed by atoms with Gasteiger partial charge in [0.15, 0.2) is 0 Å². The smallest absolute Gasteiger partial charge is 0.257 e. The van der Waals surface area contributed by atoms with Crippen molar-refractivity contribution < 1.29 is 21.6 Å². The fraction of sp³-hybridized carbons (Fsp3) is 0.125. The third-order valence-electron chi connectivity index (χ3n) is 3.64. The van der Waals surface area contributed by atoms with Gasteiger partial charge in [-0.1, -0.05) is 48.5 Å². The van der Waals surface area contributed by atoms with Gasteiger partial charge in [0.2, 0.25) is 0 Å². The van der Waals surface area contributed by atoms with E-state index in [-0.39, 0.29) is 12.2 Å². The van der Waals surface area contributed by atoms with E-state index in [1.165, 1.54) is 12.1 Å². The molecule has 0 fully saturated rings. The van der Waals surface area contributed by atoms with Crippen LogP contribution in [0.25, 0.3) is 5.57 Å². The second-order valence-corrected chi connectivity index (χ2v) is 8.28. The van der Waals surface area contributed by atoms with Crippen molar-refractivity contribution in [1.29, 1.82) is 0 Å². The van der Waals surface area contributed by atoms with E-state index >= 15 is 0 Å². The Kier molecular flexibility index (Phi) is 4.37. The number of benzene rings is 2. The molecule has 0 saturated carbocycles. The monoisotopic (exact) mass is 465 g/mol. The van der Waals surface area contributed by atoms with Gasteiger partial charge < -0.3 is 0 Å². The second kappa shape index (κ2) is 6.07. The van der Waals surface area contributed by atoms with Crippen molar-refractivity contribution in [3.05, 3.63) is 69.3 Å². The number of fused-ring (bicyclic) bond motifs is 1. The summed E-state index contributed by atoms with van der Waals surface area (Å²) in [6, 6.07) is 15.4. The molecule has 1 aliphatic rings. The predicted octanol–water partition coefficient (Wildman–Crippen LogP) is 4.55. The van der Waals surface area contributed by atoms with Gasteiger partial charge in [-0.2, -0.15) is 21.6 Å². The molecule has 3 nitrogen and oxygen atoms in total. The lowest BCUT2D eigenvalue weighted by atomic mass is 9.94. The Balaban J connectivity index is 2.22. The number of sulfonamides is 1. The summed E-state index contributed by atoms with van der Waals surface area (Å²) in [6.07, 6.45) is 0. The average molecular weight is 465 g/mol. The molecule has 0 amide bonds. The Hall–Kier alpha value is -1.55. The van der Waals surface area contributed by atoms with Gasteiger partial charge in [0.1, 0.15) is 0 Å². The highest BCUT2D eigenvalue weighted by Crippen LogP contribution is 2.44. The molecule has 0 N–H and O–H groups in total. The maximum absolute atomic E-state index is 13.0. The fourth-order valence-corrected chi connectivity index (χ4v) is 4.74. The van der Waals surface area contributed by atoms with Crippen molar-refractivity contribution in [2.45, 2.75) is 5.51 Å². The van der Waals surface area contributed by atoms with E-state index in [1.54, 1.807) is 12.1 Å². The molecule has 2 aromatic carbocycles. The number of hydrogen-bond acceptors (Lipinski definition) is 2. The molecule has 2 aromatic rings. The molecule has 0 aromatic heterocycles. The van der Waals surface area contributed by atoms with Crippen LogP contribution < -0.4 is 4.31 Å². The van der Waals surface area contributed by atoms with E-state index in [1.807, 2.05) is 52.9 Å². The molecule has 0 unspecified atom stereocenters. The zero-order valence-electron chi connectivity index (χ0n) is 12.1. The standard InChI is InChI=1S/C16H11F3INO2S/c17-16(18,19)24(22,23)21-10-13(20)15(11-6-2-1-3-7-11)12-8-4-5-9-14(12)21/h1-9H,10H2. The minimum atomic E-state index is -5.46. The van der Waals surface area contributed by atoms with Gasteiger partial charge in [0.05, 0.1) is 12.2 Å². The number of hydrogen-bond donors (Lipinski definition) is 0. The van der Waals surface area contributed by atoms with Gasteiger partial charge in [-0.15, -0.1) is 0 Å². The summed E-state index contributed by atoms with van der Waals surface area (Å²) in [5, 5.41) is 0. The number of nitrogens with zero attached hydrogens (tertiary/aromatic N) is 1. The van der Waals surface area contributed by atoms with Crippen LogP contribution in [0.5, 0.6) is 0 Å². The van der Waals surface area contributed by atoms with Crippen LogP contribution in [0.15, 0.2) is 58.2 Å². The van der Waals surface area contributed by atoms with Gasteiger partial charge in [0.25, 0.3) is 0 Å². The maximum atomic E-state index is 13.0. The van der Waals surface area contributed by atoms with Crippen LogP contribution >= 0.6 is 22.6 Å². The molecule has 0 radical (unpaired) electrons. The lowest BCUT2D eigenvalue weighted by Crippen LogP contribution is -2.43. The molecule has 3 rings (SSSR count). The molecule has 0 spiro atoms. The van der Waals surface area contributed by atoms with Crippen molar-refractivity contribution in [3.8, 4) is 0 Å². The number of halogens is 4. The Morgan fingerprint density at radius 2 is 1.54 bits per heavy atom. The summed E-state index contributed by atoms with van der Waals surface area (Å²) in [6.45, 7) is -0.344. The third-order valence-corrected chi connectivity index (χ3v) is 6.01. The first-order valence-corrected chi connectivity index (χ1v) is 9.38. The lowest BCUT2D eigenvalue weighted by Gasteiger charge is -2.32. The first-order valence-electron chi connectivity index (χ1n) is 6.86. The highest BCUT2D eigenvalue weighted by Gasteiger charge is 2.51. The highest BCUT2D eigenvalue weighted by molar-refractivity contribution is 14.1. The van der Waals surface area contributed by atoms with E-state index in [2.05, 4.69) is 0 Å².